The maximum atomic E-state index is 12.6. The first-order valence-corrected chi connectivity index (χ1v) is 11.0. The van der Waals surface area contributed by atoms with E-state index in [1.54, 1.807) is 6.20 Å². The second-order valence-electron chi connectivity index (χ2n) is 7.68. The number of hydrogen-bond donors (Lipinski definition) is 1. The SMILES string of the molecule is O=C([C@@H]1C[C@H](N2CCC(c3nc4ncccc4o3)CC2)CN1)N1CCSC1. The minimum atomic E-state index is -0.00506. The number of carbonyl (C=O) groups excluding carboxylic acids is 1. The maximum Gasteiger partial charge on any atom is 0.240 e. The first kappa shape index (κ1) is 17.5. The van der Waals surface area contributed by atoms with E-state index in [4.69, 9.17) is 4.42 Å². The topological polar surface area (TPSA) is 74.5 Å². The minimum Gasteiger partial charge on any atom is -0.439 e. The van der Waals surface area contributed by atoms with Crippen LogP contribution in [-0.4, -0.2) is 75.6 Å². The molecule has 0 aliphatic carbocycles. The number of likely N-dealkylation sites (tertiary alicyclic amines) is 1. The number of nitrogens with one attached hydrogen (secondary N) is 1. The van der Waals surface area contributed by atoms with Gasteiger partial charge in [-0.15, -0.1) is 11.8 Å². The van der Waals surface area contributed by atoms with Crippen molar-refractivity contribution in [1.82, 2.24) is 25.1 Å². The van der Waals surface area contributed by atoms with Crippen LogP contribution < -0.4 is 5.32 Å². The highest BCUT2D eigenvalue weighted by molar-refractivity contribution is 7.99. The molecule has 0 aromatic carbocycles. The predicted octanol–water partition coefficient (Wildman–Crippen LogP) is 1.67. The molecule has 7 nitrogen and oxygen atoms in total. The van der Waals surface area contributed by atoms with Crippen molar-refractivity contribution in [2.45, 2.75) is 37.3 Å². The summed E-state index contributed by atoms with van der Waals surface area (Å²) in [5, 5.41) is 3.46. The van der Waals surface area contributed by atoms with Gasteiger partial charge in [0.05, 0.1) is 11.9 Å². The number of carbonyl (C=O) groups is 1. The van der Waals surface area contributed by atoms with E-state index in [0.717, 1.165) is 68.5 Å². The van der Waals surface area contributed by atoms with Crippen LogP contribution in [0.1, 0.15) is 31.1 Å². The van der Waals surface area contributed by atoms with Crippen molar-refractivity contribution >= 4 is 28.9 Å². The van der Waals surface area contributed by atoms with Gasteiger partial charge in [-0.3, -0.25) is 9.69 Å². The minimum absolute atomic E-state index is 0.00506. The summed E-state index contributed by atoms with van der Waals surface area (Å²) in [7, 11) is 0. The fraction of sp³-hybridized carbons (Fsp3) is 0.632. The van der Waals surface area contributed by atoms with Crippen LogP contribution in [0.3, 0.4) is 0 Å². The molecule has 3 fully saturated rings. The molecule has 3 aliphatic heterocycles. The molecule has 0 bridgehead atoms. The molecule has 1 amide bonds. The van der Waals surface area contributed by atoms with Gasteiger partial charge in [-0.2, -0.15) is 4.98 Å². The highest BCUT2D eigenvalue weighted by atomic mass is 32.2. The summed E-state index contributed by atoms with van der Waals surface area (Å²) in [5.41, 5.74) is 1.48. The Morgan fingerprint density at radius 2 is 2.19 bits per heavy atom. The summed E-state index contributed by atoms with van der Waals surface area (Å²) < 4.78 is 5.92. The molecular weight excluding hydrogens is 362 g/mol. The Balaban J connectivity index is 1.17. The number of aromatic nitrogens is 2. The summed E-state index contributed by atoms with van der Waals surface area (Å²) in [4.78, 5) is 26.0. The zero-order valence-corrected chi connectivity index (χ0v) is 16.2. The third kappa shape index (κ3) is 3.46. The average Bonchev–Trinajstić information content (AvgIpc) is 3.48. The lowest BCUT2D eigenvalue weighted by molar-refractivity contribution is -0.131. The third-order valence-electron chi connectivity index (χ3n) is 6.05. The van der Waals surface area contributed by atoms with Gasteiger partial charge in [0.2, 0.25) is 5.91 Å². The molecule has 0 radical (unpaired) electrons. The number of amides is 1. The molecule has 0 spiro atoms. The molecule has 1 N–H and O–H groups in total. The Labute approximate surface area is 162 Å². The Kier molecular flexibility index (Phi) is 4.79. The quantitative estimate of drug-likeness (QED) is 0.859. The average molecular weight is 388 g/mol. The molecule has 2 aromatic rings. The molecule has 2 atom stereocenters. The summed E-state index contributed by atoms with van der Waals surface area (Å²) >= 11 is 1.85. The molecular formula is C19H25N5O2S. The summed E-state index contributed by atoms with van der Waals surface area (Å²) in [6.07, 6.45) is 4.77. The fourth-order valence-corrected chi connectivity index (χ4v) is 5.42. The number of rotatable bonds is 3. The van der Waals surface area contributed by atoms with Gasteiger partial charge in [-0.05, 0) is 44.5 Å². The zero-order valence-electron chi connectivity index (χ0n) is 15.3. The van der Waals surface area contributed by atoms with Gasteiger partial charge >= 0.3 is 0 Å². The lowest BCUT2D eigenvalue weighted by Crippen LogP contribution is -2.42. The van der Waals surface area contributed by atoms with Crippen molar-refractivity contribution < 1.29 is 9.21 Å². The summed E-state index contributed by atoms with van der Waals surface area (Å²) in [6.45, 7) is 3.87. The molecule has 2 aromatic heterocycles. The smallest absolute Gasteiger partial charge is 0.240 e. The van der Waals surface area contributed by atoms with Crippen LogP contribution >= 0.6 is 11.8 Å². The fourth-order valence-electron chi connectivity index (χ4n) is 4.46. The van der Waals surface area contributed by atoms with E-state index in [1.807, 2.05) is 28.8 Å². The van der Waals surface area contributed by atoms with Gasteiger partial charge in [0.15, 0.2) is 17.1 Å². The molecule has 0 saturated carbocycles. The van der Waals surface area contributed by atoms with Crippen molar-refractivity contribution in [2.75, 3.05) is 37.8 Å². The largest absolute Gasteiger partial charge is 0.439 e. The van der Waals surface area contributed by atoms with Gasteiger partial charge in [-0.1, -0.05) is 0 Å². The molecule has 3 aliphatic rings. The number of nitrogens with zero attached hydrogens (tertiary/aromatic N) is 4. The Morgan fingerprint density at radius 1 is 1.30 bits per heavy atom. The van der Waals surface area contributed by atoms with Gasteiger partial charge < -0.3 is 14.6 Å². The van der Waals surface area contributed by atoms with Gasteiger partial charge in [-0.25, -0.2) is 4.98 Å². The second-order valence-corrected chi connectivity index (χ2v) is 8.75. The molecule has 3 saturated heterocycles. The normalized spacial score (nSPS) is 27.6. The number of hydrogen-bond acceptors (Lipinski definition) is 7. The molecule has 27 heavy (non-hydrogen) atoms. The molecule has 144 valence electrons. The van der Waals surface area contributed by atoms with Gasteiger partial charge in [0.1, 0.15) is 0 Å². The van der Waals surface area contributed by atoms with Crippen molar-refractivity contribution in [3.8, 4) is 0 Å². The van der Waals surface area contributed by atoms with Gasteiger partial charge in [0, 0.05) is 37.0 Å². The molecule has 5 heterocycles. The summed E-state index contributed by atoms with van der Waals surface area (Å²) in [6, 6.07) is 4.26. The van der Waals surface area contributed by atoms with E-state index >= 15 is 0 Å². The Hall–Kier alpha value is -1.64. The standard InChI is InChI=1S/C19H25N5O2S/c25-19(24-8-9-27-12-24)15-10-14(11-21-15)23-6-3-13(4-7-23)18-22-17-16(26-18)2-1-5-20-17/h1-2,5,13-15,21H,3-4,6-12H2/t14-,15-/m0/s1. The van der Waals surface area contributed by atoms with Crippen molar-refractivity contribution in [3.63, 3.8) is 0 Å². The first-order valence-electron chi connectivity index (χ1n) is 9.83. The third-order valence-corrected chi connectivity index (χ3v) is 7.01. The van der Waals surface area contributed by atoms with E-state index in [2.05, 4.69) is 20.2 Å². The predicted molar refractivity (Wildman–Crippen MR) is 105 cm³/mol. The highest BCUT2D eigenvalue weighted by Gasteiger charge is 2.37. The van der Waals surface area contributed by atoms with Gasteiger partial charge in [0.25, 0.3) is 0 Å². The number of thioether (sulfide) groups is 1. The van der Waals surface area contributed by atoms with E-state index in [0.29, 0.717) is 17.6 Å². The molecule has 5 rings (SSSR count). The van der Waals surface area contributed by atoms with Crippen molar-refractivity contribution in [2.24, 2.45) is 0 Å². The van der Waals surface area contributed by atoms with E-state index < -0.39 is 0 Å². The van der Waals surface area contributed by atoms with E-state index in [9.17, 15) is 4.79 Å². The maximum absolute atomic E-state index is 12.6. The van der Waals surface area contributed by atoms with Crippen LogP contribution in [0.15, 0.2) is 22.7 Å². The Bertz CT molecular complexity index is 780. The lowest BCUT2D eigenvalue weighted by atomic mass is 9.95. The van der Waals surface area contributed by atoms with Crippen LogP contribution in [0.2, 0.25) is 0 Å². The number of pyridine rings is 1. The highest BCUT2D eigenvalue weighted by Crippen LogP contribution is 2.31. The lowest BCUT2D eigenvalue weighted by Gasteiger charge is -2.34. The van der Waals surface area contributed by atoms with E-state index in [1.165, 1.54) is 0 Å². The first-order chi connectivity index (χ1) is 13.3. The van der Waals surface area contributed by atoms with Crippen molar-refractivity contribution in [1.29, 1.82) is 0 Å². The van der Waals surface area contributed by atoms with Crippen LogP contribution in [0, 0.1) is 0 Å². The van der Waals surface area contributed by atoms with Crippen molar-refractivity contribution in [3.05, 3.63) is 24.2 Å². The van der Waals surface area contributed by atoms with E-state index in [-0.39, 0.29) is 11.9 Å². The summed E-state index contributed by atoms with van der Waals surface area (Å²) in [5.74, 6) is 3.40. The number of fused-ring (bicyclic) bond motifs is 1. The van der Waals surface area contributed by atoms with Crippen LogP contribution in [0.5, 0.6) is 0 Å². The van der Waals surface area contributed by atoms with Crippen LogP contribution in [0.4, 0.5) is 0 Å². The number of oxazole rings is 1. The Morgan fingerprint density at radius 3 is 2.96 bits per heavy atom. The van der Waals surface area contributed by atoms with Crippen LogP contribution in [-0.2, 0) is 4.79 Å². The monoisotopic (exact) mass is 387 g/mol. The van der Waals surface area contributed by atoms with Crippen LogP contribution in [0.25, 0.3) is 11.2 Å². The second kappa shape index (κ2) is 7.41. The number of piperidine rings is 1. The molecule has 8 heteroatoms. The molecule has 0 unspecified atom stereocenters. The zero-order chi connectivity index (χ0) is 18.2.